The molecule has 0 aromatic rings. The fourth-order valence-electron chi connectivity index (χ4n) is 6.77. The van der Waals surface area contributed by atoms with Gasteiger partial charge in [0.05, 0.1) is 0 Å². The fourth-order valence-corrected chi connectivity index (χ4v) is 6.77. The number of allylic oxidation sites excluding steroid dienone is 5. The summed E-state index contributed by atoms with van der Waals surface area (Å²) in [6.45, 7) is 9.26. The highest BCUT2D eigenvalue weighted by atomic mass is 14.6. The lowest BCUT2D eigenvalue weighted by molar-refractivity contribution is -0.0264. The zero-order valence-corrected chi connectivity index (χ0v) is 13.8. The Morgan fingerprint density at radius 2 is 2.00 bits per heavy atom. The van der Waals surface area contributed by atoms with E-state index < -0.39 is 0 Å². The van der Waals surface area contributed by atoms with E-state index in [-0.39, 0.29) is 0 Å². The second-order valence-corrected chi connectivity index (χ2v) is 8.53. The summed E-state index contributed by atoms with van der Waals surface area (Å²) in [4.78, 5) is 0. The highest BCUT2D eigenvalue weighted by Crippen LogP contribution is 2.66. The lowest BCUT2D eigenvalue weighted by Gasteiger charge is -2.57. The van der Waals surface area contributed by atoms with Crippen LogP contribution in [0.5, 0.6) is 0 Å². The van der Waals surface area contributed by atoms with Crippen LogP contribution >= 0.6 is 0 Å². The largest absolute Gasteiger partial charge is 0.103 e. The monoisotopic (exact) mass is 282 g/mol. The third-order valence-corrected chi connectivity index (χ3v) is 7.97. The lowest BCUT2D eigenvalue weighted by Crippen LogP contribution is -2.49. The predicted molar refractivity (Wildman–Crippen MR) is 89.9 cm³/mol. The summed E-state index contributed by atoms with van der Waals surface area (Å²) in [5.74, 6) is 3.58. The van der Waals surface area contributed by atoms with Crippen LogP contribution in [0.25, 0.3) is 0 Å². The maximum atomic E-state index is 4.14. The molecule has 4 rings (SSSR count). The van der Waals surface area contributed by atoms with Gasteiger partial charge in [-0.3, -0.25) is 0 Å². The Morgan fingerprint density at radius 1 is 1.14 bits per heavy atom. The molecule has 3 fully saturated rings. The van der Waals surface area contributed by atoms with E-state index in [0.29, 0.717) is 10.8 Å². The van der Waals surface area contributed by atoms with Gasteiger partial charge in [-0.25, -0.2) is 0 Å². The molecule has 0 N–H and O–H groups in total. The zero-order chi connectivity index (χ0) is 14.7. The van der Waals surface area contributed by atoms with Gasteiger partial charge in [0.15, 0.2) is 0 Å². The smallest absolute Gasteiger partial charge is 0.00936 e. The van der Waals surface area contributed by atoms with Gasteiger partial charge in [-0.2, -0.15) is 0 Å². The Balaban J connectivity index is 1.69. The summed E-state index contributed by atoms with van der Waals surface area (Å²) < 4.78 is 0. The molecular formula is C21H30. The van der Waals surface area contributed by atoms with Crippen molar-refractivity contribution >= 4 is 0 Å². The van der Waals surface area contributed by atoms with E-state index in [1.54, 1.807) is 5.57 Å². The van der Waals surface area contributed by atoms with E-state index in [1.165, 1.54) is 44.9 Å². The average Bonchev–Trinajstić information content (AvgIpc) is 2.83. The Kier molecular flexibility index (Phi) is 3.04. The summed E-state index contributed by atoms with van der Waals surface area (Å²) in [5, 5.41) is 0. The van der Waals surface area contributed by atoms with Crippen molar-refractivity contribution in [1.82, 2.24) is 0 Å². The molecule has 0 spiro atoms. The molecule has 0 aromatic heterocycles. The van der Waals surface area contributed by atoms with Gasteiger partial charge in [0.25, 0.3) is 0 Å². The van der Waals surface area contributed by atoms with Gasteiger partial charge in [0, 0.05) is 5.41 Å². The molecular weight excluding hydrogens is 252 g/mol. The molecule has 4 aliphatic rings. The quantitative estimate of drug-likeness (QED) is 0.524. The molecule has 0 radical (unpaired) electrons. The van der Waals surface area contributed by atoms with Gasteiger partial charge in [0.1, 0.15) is 0 Å². The first-order chi connectivity index (χ1) is 10.1. The van der Waals surface area contributed by atoms with Crippen LogP contribution in [0, 0.1) is 34.5 Å². The van der Waals surface area contributed by atoms with Crippen molar-refractivity contribution in [3.63, 3.8) is 0 Å². The van der Waals surface area contributed by atoms with Crippen molar-refractivity contribution in [1.29, 1.82) is 0 Å². The molecule has 0 aliphatic heterocycles. The highest BCUT2D eigenvalue weighted by Gasteiger charge is 2.57. The van der Waals surface area contributed by atoms with Crippen LogP contribution < -0.4 is 0 Å². The van der Waals surface area contributed by atoms with Gasteiger partial charge in [-0.15, -0.1) is 6.58 Å². The molecule has 0 bridgehead atoms. The van der Waals surface area contributed by atoms with Crippen molar-refractivity contribution in [3.8, 4) is 0 Å². The predicted octanol–water partition coefficient (Wildman–Crippen LogP) is 5.92. The zero-order valence-electron chi connectivity index (χ0n) is 13.8. The highest BCUT2D eigenvalue weighted by molar-refractivity contribution is 5.31. The molecule has 0 aromatic carbocycles. The normalized spacial score (nSPS) is 51.6. The van der Waals surface area contributed by atoms with Crippen molar-refractivity contribution in [3.05, 3.63) is 36.5 Å². The molecule has 0 saturated heterocycles. The van der Waals surface area contributed by atoms with E-state index in [1.807, 2.05) is 0 Å². The molecule has 6 atom stereocenters. The molecule has 6 unspecified atom stereocenters. The standard InChI is InChI=1S/C21H30/c1-4-15-9-11-18-17-10-8-16-7-5-6-13-20(16,2)19(17)12-14-21(15,18)3/h4,6-7,13,15,17-19H,1,5,8-12,14H2,2-3H3. The minimum atomic E-state index is 0.384. The van der Waals surface area contributed by atoms with Crippen LogP contribution in [0.1, 0.15) is 58.8 Å². The second kappa shape index (κ2) is 4.61. The van der Waals surface area contributed by atoms with E-state index in [0.717, 1.165) is 23.7 Å². The minimum absolute atomic E-state index is 0.384. The first-order valence-electron chi connectivity index (χ1n) is 9.09. The van der Waals surface area contributed by atoms with Gasteiger partial charge >= 0.3 is 0 Å². The first-order valence-corrected chi connectivity index (χ1v) is 9.09. The van der Waals surface area contributed by atoms with E-state index in [9.17, 15) is 0 Å². The third-order valence-electron chi connectivity index (χ3n) is 7.97. The Bertz CT molecular complexity index is 510. The Morgan fingerprint density at radius 3 is 2.81 bits per heavy atom. The van der Waals surface area contributed by atoms with Gasteiger partial charge in [-0.1, -0.05) is 43.7 Å². The van der Waals surface area contributed by atoms with Crippen LogP contribution in [0.4, 0.5) is 0 Å². The third kappa shape index (κ3) is 1.74. The van der Waals surface area contributed by atoms with Crippen molar-refractivity contribution in [2.75, 3.05) is 0 Å². The number of hydrogen-bond acceptors (Lipinski definition) is 0. The van der Waals surface area contributed by atoms with E-state index in [4.69, 9.17) is 0 Å². The maximum absolute atomic E-state index is 4.14. The molecule has 0 heteroatoms. The van der Waals surface area contributed by atoms with E-state index >= 15 is 0 Å². The summed E-state index contributed by atoms with van der Waals surface area (Å²) >= 11 is 0. The SMILES string of the molecule is C=CC1CCC2C3CCC4=CCC=CC4(C)C3CCC12C. The van der Waals surface area contributed by atoms with Crippen LogP contribution in [-0.4, -0.2) is 0 Å². The maximum Gasteiger partial charge on any atom is 0.00936 e. The van der Waals surface area contributed by atoms with Gasteiger partial charge in [0.2, 0.25) is 0 Å². The summed E-state index contributed by atoms with van der Waals surface area (Å²) in [7, 11) is 0. The lowest BCUT2D eigenvalue weighted by atomic mass is 9.48. The topological polar surface area (TPSA) is 0 Å². The molecule has 0 heterocycles. The molecule has 3 saturated carbocycles. The Labute approximate surface area is 130 Å². The van der Waals surface area contributed by atoms with Crippen LogP contribution in [0.3, 0.4) is 0 Å². The molecule has 21 heavy (non-hydrogen) atoms. The van der Waals surface area contributed by atoms with Crippen molar-refractivity contribution in [2.24, 2.45) is 34.5 Å². The number of hydrogen-bond donors (Lipinski definition) is 0. The average molecular weight is 282 g/mol. The van der Waals surface area contributed by atoms with Crippen molar-refractivity contribution in [2.45, 2.75) is 58.8 Å². The molecule has 4 aliphatic carbocycles. The van der Waals surface area contributed by atoms with Crippen LogP contribution in [0.2, 0.25) is 0 Å². The summed E-state index contributed by atoms with van der Waals surface area (Å²) in [5.41, 5.74) is 2.70. The number of fused-ring (bicyclic) bond motifs is 5. The van der Waals surface area contributed by atoms with Gasteiger partial charge < -0.3 is 0 Å². The first kappa shape index (κ1) is 13.9. The van der Waals surface area contributed by atoms with Gasteiger partial charge in [-0.05, 0) is 74.0 Å². The fraction of sp³-hybridized carbons (Fsp3) is 0.714. The van der Waals surface area contributed by atoms with Crippen molar-refractivity contribution < 1.29 is 0 Å². The summed E-state index contributed by atoms with van der Waals surface area (Å²) in [6.07, 6.45) is 19.5. The van der Waals surface area contributed by atoms with E-state index in [2.05, 4.69) is 44.7 Å². The van der Waals surface area contributed by atoms with Crippen LogP contribution in [0.15, 0.2) is 36.5 Å². The minimum Gasteiger partial charge on any atom is -0.103 e. The summed E-state index contributed by atoms with van der Waals surface area (Å²) in [6, 6.07) is 0. The number of rotatable bonds is 1. The van der Waals surface area contributed by atoms with Crippen LogP contribution in [-0.2, 0) is 0 Å². The molecule has 0 nitrogen and oxygen atoms in total. The molecule has 0 amide bonds. The Hall–Kier alpha value is -0.780. The second-order valence-electron chi connectivity index (χ2n) is 8.53. The molecule has 114 valence electrons.